The number of carbonyl (C=O) groups excluding carboxylic acids is 1. The van der Waals surface area contributed by atoms with E-state index in [-0.39, 0.29) is 22.5 Å². The van der Waals surface area contributed by atoms with Crippen LogP contribution in [0.4, 0.5) is 5.95 Å². The smallest absolute Gasteiger partial charge is 0.258 e. The van der Waals surface area contributed by atoms with Gasteiger partial charge in [0.2, 0.25) is 5.95 Å². The van der Waals surface area contributed by atoms with Crippen LogP contribution in [0.25, 0.3) is 11.6 Å². The van der Waals surface area contributed by atoms with Gasteiger partial charge in [-0.25, -0.2) is 8.42 Å². The predicted octanol–water partition coefficient (Wildman–Crippen LogP) is 4.30. The molecule has 2 aromatic heterocycles. The Morgan fingerprint density at radius 2 is 1.76 bits per heavy atom. The average Bonchev–Trinajstić information content (AvgIpc) is 3.45. The average molecular weight is 483 g/mol. The first-order chi connectivity index (χ1) is 16.2. The summed E-state index contributed by atoms with van der Waals surface area (Å²) in [6.45, 7) is 3.73. The lowest BCUT2D eigenvalue weighted by Gasteiger charge is -2.14. The second kappa shape index (κ2) is 9.40. The van der Waals surface area contributed by atoms with Gasteiger partial charge in [-0.1, -0.05) is 0 Å². The fourth-order valence-corrected chi connectivity index (χ4v) is 3.65. The first-order valence-corrected chi connectivity index (χ1v) is 12.1. The zero-order valence-corrected chi connectivity index (χ0v) is 19.4. The maximum absolute atomic E-state index is 12.9. The van der Waals surface area contributed by atoms with Gasteiger partial charge in [-0.2, -0.15) is 0 Å². The van der Waals surface area contributed by atoms with Crippen LogP contribution >= 0.6 is 0 Å². The molecule has 176 valence electrons. The van der Waals surface area contributed by atoms with Gasteiger partial charge >= 0.3 is 0 Å². The number of sulfone groups is 1. The molecule has 4 rings (SSSR count). The normalized spacial score (nSPS) is 11.4. The Labute approximate surface area is 195 Å². The number of nitrogens with zero attached hydrogens (tertiary/aromatic N) is 2. The van der Waals surface area contributed by atoms with Crippen LogP contribution in [0, 0.1) is 0 Å². The Bertz CT molecular complexity index is 1390. The van der Waals surface area contributed by atoms with E-state index in [1.165, 1.54) is 36.6 Å². The molecule has 2 aromatic carbocycles. The number of carbonyl (C=O) groups is 1. The SMILES string of the molecule is CC(C)Oc1cc(Oc2ccc(S(C)(=O)=O)cc2)cc(C(=O)Nc2nnc(-c3ccco3)[nH]2)c1. The molecular formula is C23H22N4O6S. The van der Waals surface area contributed by atoms with Crippen LogP contribution in [0.5, 0.6) is 17.2 Å². The van der Waals surface area contributed by atoms with Crippen molar-refractivity contribution in [3.05, 3.63) is 66.4 Å². The van der Waals surface area contributed by atoms with Crippen molar-refractivity contribution in [3.63, 3.8) is 0 Å². The summed E-state index contributed by atoms with van der Waals surface area (Å²) in [5.41, 5.74) is 0.261. The van der Waals surface area contributed by atoms with Gasteiger partial charge in [-0.3, -0.25) is 10.1 Å². The Kier molecular flexibility index (Phi) is 6.37. The van der Waals surface area contributed by atoms with Crippen molar-refractivity contribution in [2.24, 2.45) is 0 Å². The van der Waals surface area contributed by atoms with Crippen LogP contribution in [-0.2, 0) is 9.84 Å². The fourth-order valence-electron chi connectivity index (χ4n) is 3.02. The van der Waals surface area contributed by atoms with Gasteiger partial charge < -0.3 is 18.9 Å². The second-order valence-corrected chi connectivity index (χ2v) is 9.67. The lowest BCUT2D eigenvalue weighted by molar-refractivity contribution is 0.102. The maximum atomic E-state index is 12.9. The highest BCUT2D eigenvalue weighted by Gasteiger charge is 2.15. The lowest BCUT2D eigenvalue weighted by atomic mass is 10.2. The van der Waals surface area contributed by atoms with Crippen molar-refractivity contribution in [1.82, 2.24) is 15.2 Å². The molecule has 0 saturated carbocycles. The first-order valence-electron chi connectivity index (χ1n) is 10.2. The van der Waals surface area contributed by atoms with E-state index in [4.69, 9.17) is 13.9 Å². The van der Waals surface area contributed by atoms with Crippen LogP contribution in [0.3, 0.4) is 0 Å². The van der Waals surface area contributed by atoms with Gasteiger partial charge in [0, 0.05) is 17.9 Å². The minimum atomic E-state index is -3.32. The number of furan rings is 1. The molecule has 34 heavy (non-hydrogen) atoms. The molecule has 11 heteroatoms. The monoisotopic (exact) mass is 482 g/mol. The maximum Gasteiger partial charge on any atom is 0.258 e. The molecule has 0 unspecified atom stereocenters. The number of hydrogen-bond donors (Lipinski definition) is 2. The van der Waals surface area contributed by atoms with Crippen LogP contribution in [0.15, 0.2) is 70.2 Å². The molecule has 0 aliphatic rings. The van der Waals surface area contributed by atoms with Crippen LogP contribution in [0.2, 0.25) is 0 Å². The minimum Gasteiger partial charge on any atom is -0.491 e. The van der Waals surface area contributed by atoms with E-state index in [0.29, 0.717) is 28.8 Å². The third-order valence-corrected chi connectivity index (χ3v) is 5.60. The van der Waals surface area contributed by atoms with Crippen molar-refractivity contribution in [2.45, 2.75) is 24.8 Å². The topological polar surface area (TPSA) is 136 Å². The summed E-state index contributed by atoms with van der Waals surface area (Å²) >= 11 is 0. The van der Waals surface area contributed by atoms with Crippen LogP contribution in [0.1, 0.15) is 24.2 Å². The molecule has 0 aliphatic heterocycles. The van der Waals surface area contributed by atoms with Gasteiger partial charge in [0.15, 0.2) is 21.4 Å². The summed E-state index contributed by atoms with van der Waals surface area (Å²) in [5.74, 6) is 1.71. The van der Waals surface area contributed by atoms with E-state index in [2.05, 4.69) is 20.5 Å². The quantitative estimate of drug-likeness (QED) is 0.379. The molecule has 4 aromatic rings. The number of aromatic nitrogens is 3. The summed E-state index contributed by atoms with van der Waals surface area (Å²) in [6.07, 6.45) is 2.50. The highest BCUT2D eigenvalue weighted by Crippen LogP contribution is 2.29. The summed E-state index contributed by atoms with van der Waals surface area (Å²) in [4.78, 5) is 16.0. The van der Waals surface area contributed by atoms with E-state index >= 15 is 0 Å². The van der Waals surface area contributed by atoms with Gasteiger partial charge in [-0.15, -0.1) is 10.2 Å². The lowest BCUT2D eigenvalue weighted by Crippen LogP contribution is -2.14. The molecule has 2 heterocycles. The Morgan fingerprint density at radius 3 is 2.41 bits per heavy atom. The highest BCUT2D eigenvalue weighted by atomic mass is 32.2. The Hall–Kier alpha value is -4.12. The molecule has 0 radical (unpaired) electrons. The molecule has 0 bridgehead atoms. The number of H-pyrrole nitrogens is 1. The fraction of sp³-hybridized carbons (Fsp3) is 0.174. The number of hydrogen-bond acceptors (Lipinski definition) is 8. The summed E-state index contributed by atoms with van der Waals surface area (Å²) in [6, 6.07) is 14.2. The standard InChI is InChI=1S/C23H22N4O6S/c1-14(2)32-17-11-15(22(28)25-23-24-21(26-27-23)20-5-4-10-31-20)12-18(13-17)33-16-6-8-19(9-7-16)34(3,29)30/h4-14H,1-3H3,(H2,24,25,26,27,28). The van der Waals surface area contributed by atoms with Gasteiger partial charge in [0.1, 0.15) is 17.2 Å². The largest absolute Gasteiger partial charge is 0.491 e. The van der Waals surface area contributed by atoms with E-state index in [9.17, 15) is 13.2 Å². The third-order valence-electron chi connectivity index (χ3n) is 4.47. The summed E-state index contributed by atoms with van der Waals surface area (Å²) in [7, 11) is -3.32. The second-order valence-electron chi connectivity index (χ2n) is 7.66. The number of ether oxygens (including phenoxy) is 2. The molecule has 0 fully saturated rings. The highest BCUT2D eigenvalue weighted by molar-refractivity contribution is 7.90. The summed E-state index contributed by atoms with van der Waals surface area (Å²) in [5, 5.41) is 10.5. The molecule has 0 aliphatic carbocycles. The number of nitrogens with one attached hydrogen (secondary N) is 2. The van der Waals surface area contributed by atoms with Gasteiger partial charge in [-0.05, 0) is 62.4 Å². The molecule has 0 atom stereocenters. The van der Waals surface area contributed by atoms with Gasteiger partial charge in [0.05, 0.1) is 17.3 Å². The number of anilines is 1. The Balaban J connectivity index is 1.56. The molecule has 0 saturated heterocycles. The predicted molar refractivity (Wildman–Crippen MR) is 124 cm³/mol. The van der Waals surface area contributed by atoms with Crippen molar-refractivity contribution < 1.29 is 27.1 Å². The number of rotatable bonds is 8. The molecule has 1 amide bonds. The third kappa shape index (κ3) is 5.62. The van der Waals surface area contributed by atoms with E-state index < -0.39 is 15.7 Å². The summed E-state index contributed by atoms with van der Waals surface area (Å²) < 4.78 is 40.2. The number of amides is 1. The minimum absolute atomic E-state index is 0.134. The van der Waals surface area contributed by atoms with E-state index in [0.717, 1.165) is 6.26 Å². The van der Waals surface area contributed by atoms with Crippen molar-refractivity contribution in [3.8, 4) is 28.8 Å². The molecule has 10 nitrogen and oxygen atoms in total. The Morgan fingerprint density at radius 1 is 1.03 bits per heavy atom. The number of benzene rings is 2. The van der Waals surface area contributed by atoms with E-state index in [1.54, 1.807) is 24.3 Å². The van der Waals surface area contributed by atoms with Gasteiger partial charge in [0.25, 0.3) is 5.91 Å². The molecule has 2 N–H and O–H groups in total. The number of aromatic amines is 1. The van der Waals surface area contributed by atoms with Crippen LogP contribution < -0.4 is 14.8 Å². The molecular weight excluding hydrogens is 460 g/mol. The van der Waals surface area contributed by atoms with Crippen molar-refractivity contribution in [1.29, 1.82) is 0 Å². The zero-order valence-electron chi connectivity index (χ0n) is 18.6. The van der Waals surface area contributed by atoms with Crippen LogP contribution in [-0.4, -0.2) is 41.9 Å². The first kappa shape index (κ1) is 23.1. The van der Waals surface area contributed by atoms with Crippen molar-refractivity contribution in [2.75, 3.05) is 11.6 Å². The van der Waals surface area contributed by atoms with Crippen molar-refractivity contribution >= 4 is 21.7 Å². The zero-order chi connectivity index (χ0) is 24.3. The molecule has 0 spiro atoms. The van der Waals surface area contributed by atoms with E-state index in [1.807, 2.05) is 13.8 Å².